The van der Waals surface area contributed by atoms with E-state index in [1.54, 1.807) is 18.2 Å². The number of carbonyl (C=O) groups excluding carboxylic acids is 3. The number of anilines is 2. The highest BCUT2D eigenvalue weighted by molar-refractivity contribution is 6.15. The van der Waals surface area contributed by atoms with Crippen LogP contribution in [0.4, 0.5) is 11.4 Å². The third kappa shape index (κ3) is 4.73. The molecule has 0 unspecified atom stereocenters. The zero-order valence-corrected chi connectivity index (χ0v) is 14.9. The fourth-order valence-electron chi connectivity index (χ4n) is 2.14. The largest absolute Gasteiger partial charge is 0.494 e. The van der Waals surface area contributed by atoms with Gasteiger partial charge in [0.2, 0.25) is 5.91 Å². The minimum atomic E-state index is -1.29. The summed E-state index contributed by atoms with van der Waals surface area (Å²) in [4.78, 5) is 35.4. The molecular weight excluding hydrogens is 344 g/mol. The zero-order chi connectivity index (χ0) is 19.3. The first-order valence-corrected chi connectivity index (χ1v) is 7.66. The summed E-state index contributed by atoms with van der Waals surface area (Å²) in [5, 5.41) is 5.44. The molecule has 2 rings (SSSR count). The SMILES string of the molecule is COCC(=O)Nc1ccc(NC=C2C(=O)OC(C)(C)OC2=O)cc1OC. The van der Waals surface area contributed by atoms with Crippen LogP contribution in [0.1, 0.15) is 13.8 Å². The Morgan fingerprint density at radius 3 is 2.42 bits per heavy atom. The van der Waals surface area contributed by atoms with Gasteiger partial charge in [-0.3, -0.25) is 4.79 Å². The van der Waals surface area contributed by atoms with Crippen LogP contribution in [0.25, 0.3) is 0 Å². The van der Waals surface area contributed by atoms with Crippen LogP contribution in [0.15, 0.2) is 30.0 Å². The molecule has 1 aliphatic heterocycles. The summed E-state index contributed by atoms with van der Waals surface area (Å²) in [6.07, 6.45) is 1.19. The first kappa shape index (κ1) is 19.3. The molecule has 9 heteroatoms. The van der Waals surface area contributed by atoms with Gasteiger partial charge in [-0.25, -0.2) is 9.59 Å². The molecule has 1 amide bonds. The molecule has 1 saturated heterocycles. The normalized spacial score (nSPS) is 15.6. The standard InChI is InChI=1S/C17H20N2O7/c1-17(2)25-15(21)11(16(22)26-17)8-18-10-5-6-12(13(7-10)24-4)19-14(20)9-23-3/h5-8,18H,9H2,1-4H3,(H,19,20). The summed E-state index contributed by atoms with van der Waals surface area (Å²) < 4.78 is 20.0. The lowest BCUT2D eigenvalue weighted by molar-refractivity contribution is -0.222. The first-order valence-electron chi connectivity index (χ1n) is 7.66. The molecule has 1 aromatic carbocycles. The quantitative estimate of drug-likeness (QED) is 0.443. The van der Waals surface area contributed by atoms with Gasteiger partial charge in [-0.2, -0.15) is 0 Å². The van der Waals surface area contributed by atoms with Crippen molar-refractivity contribution in [3.8, 4) is 5.75 Å². The minimum absolute atomic E-state index is 0.0875. The number of nitrogens with one attached hydrogen (secondary N) is 2. The Balaban J connectivity index is 2.14. The number of methoxy groups -OCH3 is 2. The molecule has 9 nitrogen and oxygen atoms in total. The molecule has 0 atom stereocenters. The van der Waals surface area contributed by atoms with Crippen molar-refractivity contribution >= 4 is 29.2 Å². The molecule has 0 aromatic heterocycles. The maximum absolute atomic E-state index is 11.9. The topological polar surface area (TPSA) is 112 Å². The fraction of sp³-hybridized carbons (Fsp3) is 0.353. The van der Waals surface area contributed by atoms with Crippen molar-refractivity contribution in [2.45, 2.75) is 19.6 Å². The lowest BCUT2D eigenvalue weighted by atomic mass is 10.2. The van der Waals surface area contributed by atoms with Crippen molar-refractivity contribution in [3.05, 3.63) is 30.0 Å². The van der Waals surface area contributed by atoms with Crippen molar-refractivity contribution in [1.29, 1.82) is 0 Å². The van der Waals surface area contributed by atoms with Crippen molar-refractivity contribution in [2.75, 3.05) is 31.5 Å². The molecule has 2 N–H and O–H groups in total. The average molecular weight is 364 g/mol. The molecule has 1 aromatic rings. The Kier molecular flexibility index (Phi) is 5.83. The van der Waals surface area contributed by atoms with Gasteiger partial charge < -0.3 is 29.6 Å². The molecule has 1 heterocycles. The van der Waals surface area contributed by atoms with Gasteiger partial charge in [0.05, 0.1) is 12.8 Å². The monoisotopic (exact) mass is 364 g/mol. The van der Waals surface area contributed by atoms with E-state index in [1.165, 1.54) is 34.3 Å². The number of cyclic esters (lactones) is 2. The van der Waals surface area contributed by atoms with Crippen LogP contribution in [-0.2, 0) is 28.6 Å². The highest BCUT2D eigenvalue weighted by Gasteiger charge is 2.38. The van der Waals surface area contributed by atoms with Gasteiger partial charge in [-0.15, -0.1) is 0 Å². The Bertz CT molecular complexity index is 733. The van der Waals surface area contributed by atoms with E-state index in [2.05, 4.69) is 10.6 Å². The van der Waals surface area contributed by atoms with Crippen LogP contribution in [0.2, 0.25) is 0 Å². The van der Waals surface area contributed by atoms with Crippen LogP contribution in [0.3, 0.4) is 0 Å². The van der Waals surface area contributed by atoms with Gasteiger partial charge in [0.25, 0.3) is 5.79 Å². The van der Waals surface area contributed by atoms with Gasteiger partial charge in [0.1, 0.15) is 12.4 Å². The van der Waals surface area contributed by atoms with Crippen molar-refractivity contribution in [2.24, 2.45) is 0 Å². The molecule has 0 spiro atoms. The van der Waals surface area contributed by atoms with Crippen LogP contribution in [-0.4, -0.2) is 44.5 Å². The third-order valence-corrected chi connectivity index (χ3v) is 3.25. The molecule has 0 aliphatic carbocycles. The predicted molar refractivity (Wildman–Crippen MR) is 91.5 cm³/mol. The van der Waals surface area contributed by atoms with E-state index in [0.29, 0.717) is 17.1 Å². The van der Waals surface area contributed by atoms with E-state index >= 15 is 0 Å². The molecule has 0 radical (unpaired) electrons. The maximum atomic E-state index is 11.9. The Morgan fingerprint density at radius 1 is 1.19 bits per heavy atom. The number of carbonyl (C=O) groups is 3. The molecule has 26 heavy (non-hydrogen) atoms. The number of hydrogen-bond donors (Lipinski definition) is 2. The van der Waals surface area contributed by atoms with Gasteiger partial charge >= 0.3 is 11.9 Å². The number of benzene rings is 1. The van der Waals surface area contributed by atoms with Gasteiger partial charge in [-0.05, 0) is 12.1 Å². The number of esters is 2. The smallest absolute Gasteiger partial charge is 0.350 e. The number of hydrogen-bond acceptors (Lipinski definition) is 8. The minimum Gasteiger partial charge on any atom is -0.494 e. The van der Waals surface area contributed by atoms with Crippen LogP contribution in [0.5, 0.6) is 5.75 Å². The highest BCUT2D eigenvalue weighted by Crippen LogP contribution is 2.28. The van der Waals surface area contributed by atoms with E-state index in [9.17, 15) is 14.4 Å². The molecule has 1 aliphatic rings. The summed E-state index contributed by atoms with van der Waals surface area (Å²) in [5.74, 6) is -2.81. The van der Waals surface area contributed by atoms with Gasteiger partial charge in [0, 0.05) is 38.9 Å². The highest BCUT2D eigenvalue weighted by atomic mass is 16.7. The second-order valence-corrected chi connectivity index (χ2v) is 5.78. The fourth-order valence-corrected chi connectivity index (χ4v) is 2.14. The molecular formula is C17H20N2O7. The summed E-state index contributed by atoms with van der Waals surface area (Å²) in [7, 11) is 2.86. The van der Waals surface area contributed by atoms with Crippen molar-refractivity contribution < 1.29 is 33.3 Å². The average Bonchev–Trinajstić information content (AvgIpc) is 2.54. The van der Waals surface area contributed by atoms with Crippen molar-refractivity contribution in [3.63, 3.8) is 0 Å². The lowest BCUT2D eigenvalue weighted by Crippen LogP contribution is -2.42. The molecule has 1 fully saturated rings. The Hall–Kier alpha value is -3.07. The van der Waals surface area contributed by atoms with Crippen molar-refractivity contribution in [1.82, 2.24) is 0 Å². The number of amides is 1. The van der Waals surface area contributed by atoms with E-state index < -0.39 is 17.7 Å². The summed E-state index contributed by atoms with van der Waals surface area (Å²) >= 11 is 0. The zero-order valence-electron chi connectivity index (χ0n) is 14.9. The summed E-state index contributed by atoms with van der Waals surface area (Å²) in [6, 6.07) is 4.82. The van der Waals surface area contributed by atoms with E-state index in [1.807, 2.05) is 0 Å². The molecule has 0 bridgehead atoms. The lowest BCUT2D eigenvalue weighted by Gasteiger charge is -2.29. The second-order valence-electron chi connectivity index (χ2n) is 5.78. The third-order valence-electron chi connectivity index (χ3n) is 3.25. The Labute approximate surface area is 150 Å². The molecule has 0 saturated carbocycles. The number of ether oxygens (including phenoxy) is 4. The molecule has 140 valence electrons. The van der Waals surface area contributed by atoms with Gasteiger partial charge in [0.15, 0.2) is 5.57 Å². The first-order chi connectivity index (χ1) is 12.3. The van der Waals surface area contributed by atoms with Crippen LogP contribution < -0.4 is 15.4 Å². The summed E-state index contributed by atoms with van der Waals surface area (Å²) in [5.41, 5.74) is 0.705. The maximum Gasteiger partial charge on any atom is 0.350 e. The van der Waals surface area contributed by atoms with Crippen LogP contribution in [0, 0.1) is 0 Å². The number of rotatable bonds is 6. The second kappa shape index (κ2) is 7.87. The van der Waals surface area contributed by atoms with E-state index in [-0.39, 0.29) is 18.1 Å². The van der Waals surface area contributed by atoms with Gasteiger partial charge in [-0.1, -0.05) is 0 Å². The predicted octanol–water partition coefficient (Wildman–Crippen LogP) is 1.41. The Morgan fingerprint density at radius 2 is 1.85 bits per heavy atom. The van der Waals surface area contributed by atoms with E-state index in [0.717, 1.165) is 0 Å². The summed E-state index contributed by atoms with van der Waals surface area (Å²) in [6.45, 7) is 2.85. The van der Waals surface area contributed by atoms with Crippen LogP contribution >= 0.6 is 0 Å². The van der Waals surface area contributed by atoms with E-state index in [4.69, 9.17) is 18.9 Å².